The minimum absolute atomic E-state index is 0.0418. The lowest BCUT2D eigenvalue weighted by Crippen LogP contribution is -2.62. The van der Waals surface area contributed by atoms with Gasteiger partial charge in [-0.3, -0.25) is 9.69 Å². The molecule has 0 aromatic rings. The van der Waals surface area contributed by atoms with Gasteiger partial charge in [-0.05, 0) is 25.1 Å². The number of carbonyl (C=O) groups is 2. The van der Waals surface area contributed by atoms with Gasteiger partial charge in [0.25, 0.3) is 0 Å². The summed E-state index contributed by atoms with van der Waals surface area (Å²) in [5.74, 6) is -0.295. The van der Waals surface area contributed by atoms with Gasteiger partial charge in [0.2, 0.25) is 5.91 Å². The first kappa shape index (κ1) is 22.5. The number of amides is 1. The summed E-state index contributed by atoms with van der Waals surface area (Å²) in [6.07, 6.45) is 0.571. The first-order valence-electron chi connectivity index (χ1n) is 9.50. The Balaban J connectivity index is 1.73. The Hall–Kier alpha value is -0.133. The number of hydrogen-bond acceptors (Lipinski definition) is 6. The topological polar surface area (TPSA) is 89.9 Å². The van der Waals surface area contributed by atoms with Crippen LogP contribution < -0.4 is 0 Å². The highest BCUT2D eigenvalue weighted by atomic mass is 32.2. The highest BCUT2D eigenvalue weighted by Gasteiger charge is 2.59. The van der Waals surface area contributed by atoms with Gasteiger partial charge in [0.15, 0.2) is 14.0 Å². The van der Waals surface area contributed by atoms with Crippen LogP contribution in [0.3, 0.4) is 0 Å². The Labute approximate surface area is 179 Å². The van der Waals surface area contributed by atoms with Crippen molar-refractivity contribution in [3.8, 4) is 0 Å². The second-order valence-electron chi connectivity index (χ2n) is 9.11. The van der Waals surface area contributed by atoms with E-state index in [4.69, 9.17) is 4.43 Å². The van der Waals surface area contributed by atoms with Gasteiger partial charge in [-0.1, -0.05) is 43.7 Å². The average Bonchev–Trinajstić information content (AvgIpc) is 3.07. The number of aliphatic carboxylic acids is 1. The number of carboxylic acids is 1. The summed E-state index contributed by atoms with van der Waals surface area (Å²) in [4.78, 5) is 26.2. The third-order valence-electron chi connectivity index (χ3n) is 6.05. The zero-order valence-electron chi connectivity index (χ0n) is 17.2. The van der Waals surface area contributed by atoms with E-state index in [1.54, 1.807) is 0 Å². The van der Waals surface area contributed by atoms with Gasteiger partial charge < -0.3 is 14.1 Å². The molecule has 0 aromatic carbocycles. The molecule has 0 aliphatic carbocycles. The Kier molecular flexibility index (Phi) is 6.32. The molecule has 2 unspecified atom stereocenters. The number of rotatable bonds is 6. The second-order valence-corrected chi connectivity index (χ2v) is 18.2. The normalized spacial score (nSPS) is 31.8. The van der Waals surface area contributed by atoms with Gasteiger partial charge in [-0.2, -0.15) is 0 Å². The predicted octanol–water partition coefficient (Wildman–Crippen LogP) is 3.44. The SMILES string of the molecule is C[C@@H](O[Si](C)(C)C(C)(C)C)[C@H]1C(=O)N2C(C(=O)O)=C(SC3CC[S+]([O-])C3)S[C@H]12. The van der Waals surface area contributed by atoms with Crippen LogP contribution in [0.25, 0.3) is 0 Å². The zero-order valence-corrected chi connectivity index (χ0v) is 20.6. The molecule has 3 heterocycles. The molecule has 3 rings (SSSR count). The minimum atomic E-state index is -2.03. The molecule has 1 N–H and O–H groups in total. The van der Waals surface area contributed by atoms with E-state index in [1.165, 1.54) is 28.4 Å². The van der Waals surface area contributed by atoms with Crippen LogP contribution in [-0.4, -0.2) is 63.0 Å². The molecule has 158 valence electrons. The fourth-order valence-electron chi connectivity index (χ4n) is 3.42. The van der Waals surface area contributed by atoms with Crippen molar-refractivity contribution in [1.82, 2.24) is 4.90 Å². The van der Waals surface area contributed by atoms with E-state index in [1.807, 2.05) is 6.92 Å². The predicted molar refractivity (Wildman–Crippen MR) is 118 cm³/mol. The molecule has 5 atom stereocenters. The molecular weight excluding hydrogens is 434 g/mol. The van der Waals surface area contributed by atoms with Gasteiger partial charge in [-0.25, -0.2) is 4.79 Å². The van der Waals surface area contributed by atoms with Crippen molar-refractivity contribution in [2.45, 2.75) is 69.0 Å². The monoisotopic (exact) mass is 463 g/mol. The lowest BCUT2D eigenvalue weighted by Gasteiger charge is -2.48. The second kappa shape index (κ2) is 7.85. The van der Waals surface area contributed by atoms with Crippen LogP contribution >= 0.6 is 23.5 Å². The van der Waals surface area contributed by atoms with Crippen LogP contribution in [0.2, 0.25) is 18.1 Å². The molecule has 2 fully saturated rings. The quantitative estimate of drug-likeness (QED) is 0.367. The Bertz CT molecular complexity index is 708. The number of nitrogens with zero attached hydrogens (tertiary/aromatic N) is 1. The van der Waals surface area contributed by atoms with E-state index >= 15 is 0 Å². The highest BCUT2D eigenvalue weighted by Crippen LogP contribution is 2.56. The number of β-lactam (4-membered cyclic amide) rings is 1. The molecule has 0 radical (unpaired) electrons. The highest BCUT2D eigenvalue weighted by molar-refractivity contribution is 8.23. The summed E-state index contributed by atoms with van der Waals surface area (Å²) in [5, 5.41) is 9.69. The molecule has 1 amide bonds. The molecule has 28 heavy (non-hydrogen) atoms. The summed E-state index contributed by atoms with van der Waals surface area (Å²) < 4.78 is 18.8. The maximum Gasteiger partial charge on any atom is 0.354 e. The zero-order chi connectivity index (χ0) is 21.0. The van der Waals surface area contributed by atoms with Gasteiger partial charge in [0, 0.05) is 6.42 Å². The van der Waals surface area contributed by atoms with E-state index in [-0.39, 0.29) is 39.3 Å². The Morgan fingerprint density at radius 3 is 2.61 bits per heavy atom. The first-order chi connectivity index (χ1) is 12.8. The maximum absolute atomic E-state index is 12.9. The molecule has 2 saturated heterocycles. The van der Waals surface area contributed by atoms with E-state index in [2.05, 4.69) is 33.9 Å². The fourth-order valence-corrected chi connectivity index (χ4v) is 10.1. The third kappa shape index (κ3) is 4.05. The van der Waals surface area contributed by atoms with E-state index < -0.39 is 25.5 Å². The van der Waals surface area contributed by atoms with Crippen molar-refractivity contribution in [3.05, 3.63) is 9.93 Å². The Morgan fingerprint density at radius 1 is 1.46 bits per heavy atom. The summed E-state index contributed by atoms with van der Waals surface area (Å²) in [5.41, 5.74) is 0.0958. The third-order valence-corrected chi connectivity index (χ3v) is 15.2. The van der Waals surface area contributed by atoms with Crippen LogP contribution in [0.4, 0.5) is 0 Å². The number of fused-ring (bicyclic) bond motifs is 1. The molecule has 0 bridgehead atoms. The lowest BCUT2D eigenvalue weighted by molar-refractivity contribution is -0.156. The molecule has 3 aliphatic rings. The lowest BCUT2D eigenvalue weighted by atomic mass is 9.92. The smallest absolute Gasteiger partial charge is 0.354 e. The number of carbonyl (C=O) groups excluding carboxylic acids is 1. The van der Waals surface area contributed by atoms with Crippen molar-refractivity contribution in [2.24, 2.45) is 5.92 Å². The molecule has 0 aromatic heterocycles. The minimum Gasteiger partial charge on any atom is -0.616 e. The van der Waals surface area contributed by atoms with E-state index in [0.29, 0.717) is 15.7 Å². The fraction of sp³-hybridized carbons (Fsp3) is 0.778. The van der Waals surface area contributed by atoms with Gasteiger partial charge in [0.05, 0.1) is 21.5 Å². The number of hydrogen-bond donors (Lipinski definition) is 1. The molecule has 0 saturated carbocycles. The van der Waals surface area contributed by atoms with Gasteiger partial charge >= 0.3 is 5.97 Å². The molecule has 0 spiro atoms. The maximum atomic E-state index is 12.9. The molecule has 3 aliphatic heterocycles. The van der Waals surface area contributed by atoms with Crippen molar-refractivity contribution in [3.63, 3.8) is 0 Å². The summed E-state index contributed by atoms with van der Waals surface area (Å²) >= 11 is 2.13. The van der Waals surface area contributed by atoms with E-state index in [9.17, 15) is 19.2 Å². The average molecular weight is 464 g/mol. The first-order valence-corrected chi connectivity index (χ1v) is 15.7. The van der Waals surface area contributed by atoms with Crippen LogP contribution in [0, 0.1) is 5.92 Å². The number of thioether (sulfide) groups is 2. The van der Waals surface area contributed by atoms with Crippen molar-refractivity contribution >= 4 is 54.9 Å². The molecule has 6 nitrogen and oxygen atoms in total. The van der Waals surface area contributed by atoms with Gasteiger partial charge in [0.1, 0.15) is 16.9 Å². The van der Waals surface area contributed by atoms with Crippen LogP contribution in [0.5, 0.6) is 0 Å². The number of carboxylic acid groups (broad SMARTS) is 1. The van der Waals surface area contributed by atoms with Crippen molar-refractivity contribution in [1.29, 1.82) is 0 Å². The van der Waals surface area contributed by atoms with Crippen LogP contribution in [0.1, 0.15) is 34.1 Å². The standard InChI is InChI=1S/C18H29NO5S3Si/c1-10(24-28(5,6)18(2,3)4)12-14(20)19-13(16(21)22)17(26-15(12)19)25-11-7-8-27(23)9-11/h10-12,15H,7-9H2,1-6H3,(H,21,22)/t10-,11?,12+,15-,27?/m1/s1. The van der Waals surface area contributed by atoms with Crippen molar-refractivity contribution < 1.29 is 23.7 Å². The molecular formula is C18H29NO5S3Si. The Morgan fingerprint density at radius 2 is 2.11 bits per heavy atom. The molecule has 10 heteroatoms. The summed E-state index contributed by atoms with van der Waals surface area (Å²) in [6, 6.07) is 0. The van der Waals surface area contributed by atoms with Crippen LogP contribution in [-0.2, 0) is 25.2 Å². The summed E-state index contributed by atoms with van der Waals surface area (Å²) in [6.45, 7) is 12.7. The van der Waals surface area contributed by atoms with Gasteiger partial charge in [-0.15, -0.1) is 11.8 Å². The van der Waals surface area contributed by atoms with Crippen LogP contribution in [0.15, 0.2) is 9.93 Å². The van der Waals surface area contributed by atoms with E-state index in [0.717, 1.165) is 6.42 Å². The largest absolute Gasteiger partial charge is 0.616 e. The summed E-state index contributed by atoms with van der Waals surface area (Å²) in [7, 11) is -2.03. The van der Waals surface area contributed by atoms with Crippen molar-refractivity contribution in [2.75, 3.05) is 11.5 Å².